The molecule has 1 nitrogen and oxygen atoms in total. The third-order valence-corrected chi connectivity index (χ3v) is 2.95. The molecule has 0 N–H and O–H groups in total. The summed E-state index contributed by atoms with van der Waals surface area (Å²) in [5, 5.41) is 0. The van der Waals surface area contributed by atoms with Crippen molar-refractivity contribution in [2.24, 2.45) is 17.8 Å². The zero-order valence-corrected chi connectivity index (χ0v) is 8.47. The van der Waals surface area contributed by atoms with Crippen molar-refractivity contribution < 1.29 is 4.79 Å². The van der Waals surface area contributed by atoms with Crippen LogP contribution in [0.3, 0.4) is 0 Å². The summed E-state index contributed by atoms with van der Waals surface area (Å²) >= 11 is 0. The van der Waals surface area contributed by atoms with Gasteiger partial charge in [-0.2, -0.15) is 0 Å². The van der Waals surface area contributed by atoms with E-state index in [0.29, 0.717) is 11.7 Å². The van der Waals surface area contributed by atoms with Gasteiger partial charge in [0.2, 0.25) is 0 Å². The first-order valence-electron chi connectivity index (χ1n) is 5.11. The van der Waals surface area contributed by atoms with Gasteiger partial charge in [0, 0.05) is 12.8 Å². The highest BCUT2D eigenvalue weighted by Gasteiger charge is 2.26. The summed E-state index contributed by atoms with van der Waals surface area (Å²) in [7, 11) is 0. The Balaban J connectivity index is 2.43. The summed E-state index contributed by atoms with van der Waals surface area (Å²) in [5.41, 5.74) is 0. The Bertz CT molecular complexity index is 160. The SMILES string of the molecule is CC(C)CC1CC(=O)CCC1C. The molecular formula is C11H20O. The van der Waals surface area contributed by atoms with E-state index in [1.165, 1.54) is 6.42 Å². The minimum atomic E-state index is 0.485. The van der Waals surface area contributed by atoms with E-state index < -0.39 is 0 Å². The highest BCUT2D eigenvalue weighted by Crippen LogP contribution is 2.32. The van der Waals surface area contributed by atoms with Gasteiger partial charge < -0.3 is 0 Å². The van der Waals surface area contributed by atoms with E-state index in [1.807, 2.05) is 0 Å². The van der Waals surface area contributed by atoms with Gasteiger partial charge in [-0.3, -0.25) is 4.79 Å². The van der Waals surface area contributed by atoms with E-state index in [0.717, 1.165) is 31.1 Å². The van der Waals surface area contributed by atoms with Gasteiger partial charge in [-0.25, -0.2) is 0 Å². The molecule has 0 radical (unpaired) electrons. The Kier molecular flexibility index (Phi) is 3.30. The van der Waals surface area contributed by atoms with E-state index in [-0.39, 0.29) is 0 Å². The predicted octanol–water partition coefficient (Wildman–Crippen LogP) is 3.04. The minimum absolute atomic E-state index is 0.485. The van der Waals surface area contributed by atoms with E-state index in [1.54, 1.807) is 0 Å². The largest absolute Gasteiger partial charge is 0.300 e. The van der Waals surface area contributed by atoms with E-state index in [4.69, 9.17) is 0 Å². The average Bonchev–Trinajstić information content (AvgIpc) is 1.96. The van der Waals surface area contributed by atoms with Crippen molar-refractivity contribution in [1.29, 1.82) is 0 Å². The summed E-state index contributed by atoms with van der Waals surface area (Å²) in [6.07, 6.45) is 4.03. The maximum Gasteiger partial charge on any atom is 0.133 e. The molecule has 70 valence electrons. The summed E-state index contributed by atoms with van der Waals surface area (Å²) in [6.45, 7) is 6.77. The molecule has 2 atom stereocenters. The van der Waals surface area contributed by atoms with Crippen LogP contribution < -0.4 is 0 Å². The van der Waals surface area contributed by atoms with Crippen molar-refractivity contribution in [1.82, 2.24) is 0 Å². The molecule has 12 heavy (non-hydrogen) atoms. The second kappa shape index (κ2) is 4.06. The van der Waals surface area contributed by atoms with Gasteiger partial charge in [-0.05, 0) is 30.6 Å². The fourth-order valence-corrected chi connectivity index (χ4v) is 2.14. The fourth-order valence-electron chi connectivity index (χ4n) is 2.14. The molecule has 1 saturated carbocycles. The molecule has 0 saturated heterocycles. The van der Waals surface area contributed by atoms with Crippen LogP contribution in [-0.2, 0) is 4.79 Å². The quantitative estimate of drug-likeness (QED) is 0.619. The molecule has 1 rings (SSSR count). The third kappa shape index (κ3) is 2.62. The van der Waals surface area contributed by atoms with Crippen LogP contribution in [-0.4, -0.2) is 5.78 Å². The topological polar surface area (TPSA) is 17.1 Å². The Morgan fingerprint density at radius 1 is 1.50 bits per heavy atom. The molecule has 0 spiro atoms. The number of carbonyl (C=O) groups excluding carboxylic acids is 1. The first-order chi connectivity index (χ1) is 5.59. The Hall–Kier alpha value is -0.330. The first-order valence-corrected chi connectivity index (χ1v) is 5.11. The molecule has 0 heterocycles. The monoisotopic (exact) mass is 168 g/mol. The van der Waals surface area contributed by atoms with Gasteiger partial charge in [0.25, 0.3) is 0 Å². The lowest BCUT2D eigenvalue weighted by molar-refractivity contribution is -0.122. The molecule has 1 aliphatic carbocycles. The van der Waals surface area contributed by atoms with Crippen LogP contribution in [0.5, 0.6) is 0 Å². The fraction of sp³-hybridized carbons (Fsp3) is 0.909. The van der Waals surface area contributed by atoms with Crippen LogP contribution >= 0.6 is 0 Å². The number of ketones is 1. The number of Topliss-reactive ketones (excluding diaryl/α,β-unsaturated/α-hetero) is 1. The normalized spacial score (nSPS) is 31.2. The van der Waals surface area contributed by atoms with Crippen molar-refractivity contribution in [3.05, 3.63) is 0 Å². The molecule has 0 aromatic heterocycles. The van der Waals surface area contributed by atoms with E-state index in [9.17, 15) is 4.79 Å². The maximum atomic E-state index is 11.2. The molecular weight excluding hydrogens is 148 g/mol. The lowest BCUT2D eigenvalue weighted by Crippen LogP contribution is -2.24. The van der Waals surface area contributed by atoms with Gasteiger partial charge in [0.15, 0.2) is 0 Å². The first kappa shape index (κ1) is 9.76. The van der Waals surface area contributed by atoms with Crippen molar-refractivity contribution in [2.45, 2.75) is 46.5 Å². The number of hydrogen-bond acceptors (Lipinski definition) is 1. The lowest BCUT2D eigenvalue weighted by Gasteiger charge is -2.29. The molecule has 0 bridgehead atoms. The molecule has 1 fully saturated rings. The molecule has 1 aliphatic rings. The molecule has 0 amide bonds. The van der Waals surface area contributed by atoms with Gasteiger partial charge >= 0.3 is 0 Å². The zero-order valence-electron chi connectivity index (χ0n) is 8.47. The maximum absolute atomic E-state index is 11.2. The van der Waals surface area contributed by atoms with Gasteiger partial charge in [-0.15, -0.1) is 0 Å². The Labute approximate surface area is 75.5 Å². The standard InChI is InChI=1S/C11H20O/c1-8(2)6-10-7-11(12)5-4-9(10)3/h8-10H,4-7H2,1-3H3. The molecule has 2 unspecified atom stereocenters. The predicted molar refractivity (Wildman–Crippen MR) is 51.0 cm³/mol. The van der Waals surface area contributed by atoms with Crippen LogP contribution in [0.25, 0.3) is 0 Å². The van der Waals surface area contributed by atoms with Crippen LogP contribution in [0.4, 0.5) is 0 Å². The van der Waals surface area contributed by atoms with Gasteiger partial charge in [0.05, 0.1) is 0 Å². The van der Waals surface area contributed by atoms with Crippen LogP contribution in [0.15, 0.2) is 0 Å². The summed E-state index contributed by atoms with van der Waals surface area (Å²) < 4.78 is 0. The summed E-state index contributed by atoms with van der Waals surface area (Å²) in [6, 6.07) is 0. The minimum Gasteiger partial charge on any atom is -0.300 e. The average molecular weight is 168 g/mol. The molecule has 0 aromatic carbocycles. The van der Waals surface area contributed by atoms with Crippen LogP contribution in [0, 0.1) is 17.8 Å². The van der Waals surface area contributed by atoms with Crippen molar-refractivity contribution in [3.8, 4) is 0 Å². The molecule has 1 heteroatoms. The highest BCUT2D eigenvalue weighted by molar-refractivity contribution is 5.79. The number of hydrogen-bond donors (Lipinski definition) is 0. The summed E-state index contributed by atoms with van der Waals surface area (Å²) in [5.74, 6) is 2.67. The lowest BCUT2D eigenvalue weighted by atomic mass is 9.76. The molecule has 0 aromatic rings. The van der Waals surface area contributed by atoms with E-state index in [2.05, 4.69) is 20.8 Å². The number of rotatable bonds is 2. The second-order valence-corrected chi connectivity index (χ2v) is 4.65. The van der Waals surface area contributed by atoms with Crippen LogP contribution in [0.1, 0.15) is 46.5 Å². The van der Waals surface area contributed by atoms with Gasteiger partial charge in [0.1, 0.15) is 5.78 Å². The second-order valence-electron chi connectivity index (χ2n) is 4.65. The smallest absolute Gasteiger partial charge is 0.133 e. The third-order valence-electron chi connectivity index (χ3n) is 2.95. The zero-order chi connectivity index (χ0) is 9.14. The molecule has 0 aliphatic heterocycles. The number of carbonyl (C=O) groups is 1. The van der Waals surface area contributed by atoms with Crippen molar-refractivity contribution >= 4 is 5.78 Å². The van der Waals surface area contributed by atoms with Gasteiger partial charge in [-0.1, -0.05) is 20.8 Å². The summed E-state index contributed by atoms with van der Waals surface area (Å²) in [4.78, 5) is 11.2. The van der Waals surface area contributed by atoms with E-state index >= 15 is 0 Å². The highest BCUT2D eigenvalue weighted by atomic mass is 16.1. The van der Waals surface area contributed by atoms with Crippen LogP contribution in [0.2, 0.25) is 0 Å². The van der Waals surface area contributed by atoms with Crippen molar-refractivity contribution in [3.63, 3.8) is 0 Å². The van der Waals surface area contributed by atoms with Crippen molar-refractivity contribution in [2.75, 3.05) is 0 Å². The Morgan fingerprint density at radius 3 is 2.75 bits per heavy atom. The Morgan fingerprint density at radius 2 is 2.17 bits per heavy atom.